The van der Waals surface area contributed by atoms with Crippen molar-refractivity contribution in [3.63, 3.8) is 0 Å². The summed E-state index contributed by atoms with van der Waals surface area (Å²) in [5, 5.41) is 3.71. The van der Waals surface area contributed by atoms with Crippen LogP contribution < -0.4 is 14.4 Å². The highest BCUT2D eigenvalue weighted by molar-refractivity contribution is 7.92. The lowest BCUT2D eigenvalue weighted by molar-refractivity contribution is -0.140. The second-order valence-electron chi connectivity index (χ2n) is 10.9. The Hall–Kier alpha value is -3.56. The third-order valence-corrected chi connectivity index (χ3v) is 9.87. The molecule has 0 heterocycles. The molecule has 3 aromatic carbocycles. The number of hydrogen-bond donors (Lipinski definition) is 1. The molecule has 3 aromatic rings. The Morgan fingerprint density at radius 3 is 2.30 bits per heavy atom. The zero-order valence-corrected chi connectivity index (χ0v) is 26.5. The number of ether oxygens (including phenoxy) is 1. The van der Waals surface area contributed by atoms with Gasteiger partial charge in [-0.3, -0.25) is 13.9 Å². The predicted molar refractivity (Wildman–Crippen MR) is 170 cm³/mol. The number of sulfonamides is 1. The van der Waals surface area contributed by atoms with Crippen LogP contribution in [-0.4, -0.2) is 50.9 Å². The second kappa shape index (κ2) is 14.8. The van der Waals surface area contributed by atoms with Crippen molar-refractivity contribution in [3.8, 4) is 5.75 Å². The van der Waals surface area contributed by atoms with E-state index in [1.807, 2.05) is 13.8 Å². The molecule has 43 heavy (non-hydrogen) atoms. The van der Waals surface area contributed by atoms with E-state index in [0.717, 1.165) is 47.5 Å². The highest BCUT2D eigenvalue weighted by Gasteiger charge is 2.34. The smallest absolute Gasteiger partial charge is 0.264 e. The maximum atomic E-state index is 14.3. The summed E-state index contributed by atoms with van der Waals surface area (Å²) in [5.74, 6) is -0.282. The van der Waals surface area contributed by atoms with Gasteiger partial charge in [-0.05, 0) is 68.1 Å². The maximum Gasteiger partial charge on any atom is 0.264 e. The van der Waals surface area contributed by atoms with Gasteiger partial charge in [0, 0.05) is 23.7 Å². The molecule has 10 heteroatoms. The number of carbonyl (C=O) groups is 2. The van der Waals surface area contributed by atoms with Crippen LogP contribution in [0.1, 0.15) is 56.6 Å². The molecule has 0 aliphatic heterocycles. The monoisotopic (exact) mass is 625 g/mol. The molecule has 2 amide bonds. The fraction of sp³-hybridized carbons (Fsp3) is 0.394. The van der Waals surface area contributed by atoms with Gasteiger partial charge in [0.2, 0.25) is 11.8 Å². The minimum atomic E-state index is -4.17. The molecule has 0 spiro atoms. The van der Waals surface area contributed by atoms with Crippen LogP contribution in [0, 0.1) is 6.92 Å². The summed E-state index contributed by atoms with van der Waals surface area (Å²) < 4.78 is 34.6. The first-order valence-corrected chi connectivity index (χ1v) is 16.5. The molecule has 0 saturated heterocycles. The second-order valence-corrected chi connectivity index (χ2v) is 13.2. The molecule has 1 N–H and O–H groups in total. The minimum absolute atomic E-state index is 0.0556. The Bertz CT molecular complexity index is 1490. The van der Waals surface area contributed by atoms with E-state index in [2.05, 4.69) is 5.32 Å². The number of hydrogen-bond acceptors (Lipinski definition) is 5. The minimum Gasteiger partial charge on any atom is -0.497 e. The number of nitrogens with zero attached hydrogens (tertiary/aromatic N) is 2. The number of benzene rings is 3. The summed E-state index contributed by atoms with van der Waals surface area (Å²) in [4.78, 5) is 29.5. The summed E-state index contributed by atoms with van der Waals surface area (Å²) in [6.45, 7) is 3.33. The van der Waals surface area contributed by atoms with Crippen LogP contribution in [0.3, 0.4) is 0 Å². The van der Waals surface area contributed by atoms with Crippen molar-refractivity contribution < 1.29 is 22.7 Å². The molecule has 1 fully saturated rings. The molecule has 1 saturated carbocycles. The van der Waals surface area contributed by atoms with Gasteiger partial charge in [0.05, 0.1) is 17.7 Å². The fourth-order valence-electron chi connectivity index (χ4n) is 5.38. The largest absolute Gasteiger partial charge is 0.497 e. The highest BCUT2D eigenvalue weighted by Crippen LogP contribution is 2.28. The first-order chi connectivity index (χ1) is 20.6. The van der Waals surface area contributed by atoms with Crippen molar-refractivity contribution in [1.29, 1.82) is 0 Å². The van der Waals surface area contributed by atoms with E-state index in [4.69, 9.17) is 16.3 Å². The summed E-state index contributed by atoms with van der Waals surface area (Å²) in [6, 6.07) is 19.4. The molecule has 0 bridgehead atoms. The van der Waals surface area contributed by atoms with Crippen molar-refractivity contribution in [2.24, 2.45) is 0 Å². The van der Waals surface area contributed by atoms with Crippen LogP contribution in [0.2, 0.25) is 5.02 Å². The van der Waals surface area contributed by atoms with Crippen LogP contribution in [0.25, 0.3) is 0 Å². The number of amides is 2. The molecule has 1 aliphatic carbocycles. The van der Waals surface area contributed by atoms with Gasteiger partial charge in [-0.15, -0.1) is 0 Å². The van der Waals surface area contributed by atoms with E-state index in [1.54, 1.807) is 60.7 Å². The number of aryl methyl sites for hydroxylation is 1. The number of anilines is 1. The van der Waals surface area contributed by atoms with Crippen LogP contribution >= 0.6 is 11.6 Å². The van der Waals surface area contributed by atoms with Crippen molar-refractivity contribution >= 4 is 39.1 Å². The molecule has 4 rings (SSSR count). The van der Waals surface area contributed by atoms with E-state index >= 15 is 0 Å². The van der Waals surface area contributed by atoms with Gasteiger partial charge >= 0.3 is 0 Å². The average Bonchev–Trinajstić information content (AvgIpc) is 3.01. The molecule has 230 valence electrons. The van der Waals surface area contributed by atoms with Crippen molar-refractivity contribution in [1.82, 2.24) is 10.2 Å². The molecule has 1 atom stereocenters. The van der Waals surface area contributed by atoms with E-state index in [9.17, 15) is 18.0 Å². The molecule has 1 unspecified atom stereocenters. The molecule has 8 nitrogen and oxygen atoms in total. The van der Waals surface area contributed by atoms with Gasteiger partial charge in [-0.2, -0.15) is 0 Å². The van der Waals surface area contributed by atoms with Gasteiger partial charge in [0.15, 0.2) is 0 Å². The van der Waals surface area contributed by atoms with Crippen LogP contribution in [0.15, 0.2) is 77.7 Å². The van der Waals surface area contributed by atoms with Gasteiger partial charge in [0.25, 0.3) is 10.0 Å². The van der Waals surface area contributed by atoms with Crippen molar-refractivity contribution in [3.05, 3.63) is 88.9 Å². The van der Waals surface area contributed by atoms with E-state index in [0.29, 0.717) is 17.2 Å². The SMILES string of the molecule is CCC(C(=O)NC1CCCCC1)N(Cc1ccc(Cl)cc1)C(=O)CN(c1cccc(OC)c1)S(=O)(=O)c1ccc(C)cc1. The standard InChI is InChI=1S/C33H40ClN3O5S/c1-4-31(33(39)35-27-9-6-5-7-10-27)36(22-25-15-17-26(34)18-16-25)32(38)23-37(28-11-8-12-29(21-28)42-3)43(40,41)30-19-13-24(2)14-20-30/h8,11-21,27,31H,4-7,9-10,22-23H2,1-3H3,(H,35,39). The van der Waals surface area contributed by atoms with Crippen LogP contribution in [-0.2, 0) is 26.2 Å². The van der Waals surface area contributed by atoms with E-state index in [-0.39, 0.29) is 29.1 Å². The van der Waals surface area contributed by atoms with E-state index in [1.165, 1.54) is 24.1 Å². The van der Waals surface area contributed by atoms with Crippen molar-refractivity contribution in [2.75, 3.05) is 18.0 Å². The quantitative estimate of drug-likeness (QED) is 0.262. The summed E-state index contributed by atoms with van der Waals surface area (Å²) in [5.41, 5.74) is 1.96. The number of carbonyl (C=O) groups excluding carboxylic acids is 2. The third-order valence-electron chi connectivity index (χ3n) is 7.83. The lowest BCUT2D eigenvalue weighted by Gasteiger charge is -2.34. The zero-order valence-electron chi connectivity index (χ0n) is 25.0. The normalized spacial score (nSPS) is 14.5. The topological polar surface area (TPSA) is 96.0 Å². The Balaban J connectivity index is 1.71. The number of nitrogens with one attached hydrogen (secondary N) is 1. The third kappa shape index (κ3) is 8.30. The summed E-state index contributed by atoms with van der Waals surface area (Å²) in [6.07, 6.45) is 5.45. The highest BCUT2D eigenvalue weighted by atomic mass is 35.5. The van der Waals surface area contributed by atoms with Crippen LogP contribution in [0.4, 0.5) is 5.69 Å². The molecule has 0 aromatic heterocycles. The van der Waals surface area contributed by atoms with Gasteiger partial charge in [-0.25, -0.2) is 8.42 Å². The van der Waals surface area contributed by atoms with E-state index < -0.39 is 28.5 Å². The maximum absolute atomic E-state index is 14.3. The Morgan fingerprint density at radius 2 is 1.67 bits per heavy atom. The Kier molecular flexibility index (Phi) is 11.1. The molecular formula is C33H40ClN3O5S. The van der Waals surface area contributed by atoms with Gasteiger partial charge in [-0.1, -0.05) is 73.7 Å². The molecule has 0 radical (unpaired) electrons. The fourth-order valence-corrected chi connectivity index (χ4v) is 6.91. The first-order valence-electron chi connectivity index (χ1n) is 14.7. The zero-order chi connectivity index (χ0) is 31.0. The number of rotatable bonds is 12. The van der Waals surface area contributed by atoms with Gasteiger partial charge < -0.3 is 15.0 Å². The number of methoxy groups -OCH3 is 1. The Morgan fingerprint density at radius 1 is 1.00 bits per heavy atom. The lowest BCUT2D eigenvalue weighted by atomic mass is 9.95. The van der Waals surface area contributed by atoms with Gasteiger partial charge in [0.1, 0.15) is 18.3 Å². The Labute approximate surface area is 260 Å². The summed E-state index contributed by atoms with van der Waals surface area (Å²) >= 11 is 6.11. The summed E-state index contributed by atoms with van der Waals surface area (Å²) in [7, 11) is -2.67. The predicted octanol–water partition coefficient (Wildman–Crippen LogP) is 6.11. The molecular weight excluding hydrogens is 586 g/mol. The number of halogens is 1. The molecule has 1 aliphatic rings. The van der Waals surface area contributed by atoms with Crippen LogP contribution in [0.5, 0.6) is 5.75 Å². The average molecular weight is 626 g/mol. The lowest BCUT2D eigenvalue weighted by Crippen LogP contribution is -2.54. The van der Waals surface area contributed by atoms with Crippen molar-refractivity contribution in [2.45, 2.75) is 75.9 Å². The first kappa shape index (κ1) is 32.4.